The predicted octanol–water partition coefficient (Wildman–Crippen LogP) is 6.51. The third kappa shape index (κ3) is 8.99. The van der Waals surface area contributed by atoms with Gasteiger partial charge in [0.25, 0.3) is 0 Å². The van der Waals surface area contributed by atoms with Crippen LogP contribution in [0.3, 0.4) is 0 Å². The van der Waals surface area contributed by atoms with Gasteiger partial charge in [-0.2, -0.15) is 0 Å². The smallest absolute Gasteiger partial charge is 0.410 e. The van der Waals surface area contributed by atoms with E-state index in [-0.39, 0.29) is 42.9 Å². The largest absolute Gasteiger partial charge is 0.469 e. The van der Waals surface area contributed by atoms with Gasteiger partial charge in [0.2, 0.25) is 5.91 Å². The zero-order valence-corrected chi connectivity index (χ0v) is 29.0. The minimum absolute atomic E-state index is 0.0709. The van der Waals surface area contributed by atoms with Crippen LogP contribution >= 0.6 is 0 Å². The summed E-state index contributed by atoms with van der Waals surface area (Å²) in [6.07, 6.45) is 5.93. The molecule has 1 saturated heterocycles. The highest BCUT2D eigenvalue weighted by Gasteiger charge is 2.43. The van der Waals surface area contributed by atoms with Gasteiger partial charge in [0.15, 0.2) is 0 Å². The van der Waals surface area contributed by atoms with Crippen LogP contribution in [0.1, 0.15) is 81.9 Å². The van der Waals surface area contributed by atoms with Crippen molar-refractivity contribution in [3.8, 4) is 11.8 Å². The minimum atomic E-state index is -0.633. The van der Waals surface area contributed by atoms with E-state index in [1.165, 1.54) is 7.11 Å². The van der Waals surface area contributed by atoms with Gasteiger partial charge in [-0.05, 0) is 81.7 Å². The molecule has 0 radical (unpaired) electrons. The second-order valence-corrected chi connectivity index (χ2v) is 13.8. The number of piperidine rings is 1. The second-order valence-electron chi connectivity index (χ2n) is 13.8. The Morgan fingerprint density at radius 3 is 2.54 bits per heavy atom. The summed E-state index contributed by atoms with van der Waals surface area (Å²) in [5.41, 5.74) is 3.51. The summed E-state index contributed by atoms with van der Waals surface area (Å²) in [6.45, 7) is 8.40. The SMILES string of the molecule is COCCCn1cc(CN(C(=O)[C@H]2CN(C(=O)OC(C)(C)C)CC[C@@H]2c2cccc(C#CCCC(=O)OC)c2)C2CC2)c2ccccc21. The van der Waals surface area contributed by atoms with E-state index in [1.807, 2.05) is 39.0 Å². The van der Waals surface area contributed by atoms with E-state index in [1.54, 1.807) is 12.0 Å². The molecule has 3 aromatic rings. The Bertz CT molecular complexity index is 1660. The highest BCUT2D eigenvalue weighted by Crippen LogP contribution is 2.39. The highest BCUT2D eigenvalue weighted by atomic mass is 16.6. The van der Waals surface area contributed by atoms with Gasteiger partial charge in [-0.15, -0.1) is 0 Å². The molecule has 2 heterocycles. The quantitative estimate of drug-likeness (QED) is 0.133. The number of aryl methyl sites for hydroxylation is 1. The van der Waals surface area contributed by atoms with Crippen molar-refractivity contribution in [1.29, 1.82) is 0 Å². The maximum atomic E-state index is 14.8. The van der Waals surface area contributed by atoms with Crippen LogP contribution in [0.25, 0.3) is 10.9 Å². The lowest BCUT2D eigenvalue weighted by Crippen LogP contribution is -2.51. The molecule has 9 nitrogen and oxygen atoms in total. The Morgan fingerprint density at radius 2 is 1.81 bits per heavy atom. The number of fused-ring (bicyclic) bond motifs is 1. The number of ether oxygens (including phenoxy) is 3. The summed E-state index contributed by atoms with van der Waals surface area (Å²) in [6, 6.07) is 16.6. The number of likely N-dealkylation sites (tertiary alicyclic amines) is 1. The average molecular weight is 656 g/mol. The fourth-order valence-electron chi connectivity index (χ4n) is 6.55. The second kappa shape index (κ2) is 15.7. The standard InChI is InChI=1S/C39H49N3O6/c1-39(2,3)48-38(45)41-22-20-32(29-14-10-13-28(24-29)12-6-9-17-36(43)47-5)34(27-41)37(44)42(31-18-19-31)26-30-25-40(21-11-23-46-4)35-16-8-7-15-33(30)35/h7-8,10,13-16,24-25,31-32,34H,9,11,17-23,26-27H2,1-5H3/t32-,34+/m1/s1. The molecular weight excluding hydrogens is 606 g/mol. The van der Waals surface area contributed by atoms with Crippen molar-refractivity contribution < 1.29 is 28.6 Å². The summed E-state index contributed by atoms with van der Waals surface area (Å²) in [4.78, 5) is 43.4. The molecule has 0 unspecified atom stereocenters. The highest BCUT2D eigenvalue weighted by molar-refractivity contribution is 5.86. The molecule has 256 valence electrons. The molecule has 1 saturated carbocycles. The average Bonchev–Trinajstić information content (AvgIpc) is 3.86. The molecule has 2 aliphatic rings. The van der Waals surface area contributed by atoms with Gasteiger partial charge in [0, 0.05) is 75.0 Å². The Morgan fingerprint density at radius 1 is 1.02 bits per heavy atom. The van der Waals surface area contributed by atoms with Crippen LogP contribution in [0, 0.1) is 17.8 Å². The van der Waals surface area contributed by atoms with Gasteiger partial charge < -0.3 is 28.6 Å². The van der Waals surface area contributed by atoms with Crippen molar-refractivity contribution >= 4 is 28.9 Å². The van der Waals surface area contributed by atoms with Gasteiger partial charge in [-0.25, -0.2) is 4.79 Å². The molecule has 1 aliphatic carbocycles. The Kier molecular flexibility index (Phi) is 11.5. The first-order valence-electron chi connectivity index (χ1n) is 17.1. The number of hydrogen-bond donors (Lipinski definition) is 0. The lowest BCUT2D eigenvalue weighted by molar-refractivity contribution is -0.140. The van der Waals surface area contributed by atoms with Gasteiger partial charge in [0.05, 0.1) is 19.4 Å². The van der Waals surface area contributed by atoms with Gasteiger partial charge in [0.1, 0.15) is 5.60 Å². The number of hydrogen-bond acceptors (Lipinski definition) is 6. The molecule has 2 atom stereocenters. The number of aromatic nitrogens is 1. The fraction of sp³-hybridized carbons (Fsp3) is 0.513. The van der Waals surface area contributed by atoms with Gasteiger partial charge >= 0.3 is 12.1 Å². The predicted molar refractivity (Wildman–Crippen MR) is 185 cm³/mol. The normalized spacial score (nSPS) is 17.8. The van der Waals surface area contributed by atoms with Gasteiger partial charge in [-0.1, -0.05) is 42.2 Å². The molecule has 0 N–H and O–H groups in total. The lowest BCUT2D eigenvalue weighted by Gasteiger charge is -2.40. The van der Waals surface area contributed by atoms with E-state index >= 15 is 0 Å². The van der Waals surface area contributed by atoms with Crippen LogP contribution in [-0.2, 0) is 36.9 Å². The zero-order valence-electron chi connectivity index (χ0n) is 29.0. The molecule has 2 amide bonds. The molecule has 2 aromatic carbocycles. The van der Waals surface area contributed by atoms with E-state index in [4.69, 9.17) is 14.2 Å². The Labute approximate surface area is 284 Å². The first-order chi connectivity index (χ1) is 23.1. The molecule has 1 aromatic heterocycles. The lowest BCUT2D eigenvalue weighted by atomic mass is 9.79. The van der Waals surface area contributed by atoms with Crippen LogP contribution in [0.15, 0.2) is 54.7 Å². The van der Waals surface area contributed by atoms with Crippen molar-refractivity contribution in [2.24, 2.45) is 5.92 Å². The number of carbonyl (C=O) groups is 3. The summed E-state index contributed by atoms with van der Waals surface area (Å²) >= 11 is 0. The fourth-order valence-corrected chi connectivity index (χ4v) is 6.55. The summed E-state index contributed by atoms with van der Waals surface area (Å²) < 4.78 is 18.0. The summed E-state index contributed by atoms with van der Waals surface area (Å²) in [5.74, 6) is 5.50. The topological polar surface area (TPSA) is 90.3 Å². The maximum absolute atomic E-state index is 14.8. The van der Waals surface area contributed by atoms with E-state index in [0.717, 1.165) is 53.4 Å². The van der Waals surface area contributed by atoms with Crippen LogP contribution in [0.2, 0.25) is 0 Å². The molecular formula is C39H49N3O6. The molecule has 2 fully saturated rings. The van der Waals surface area contributed by atoms with E-state index in [2.05, 4.69) is 57.8 Å². The van der Waals surface area contributed by atoms with Crippen molar-refractivity contribution in [2.75, 3.05) is 33.9 Å². The number of para-hydroxylation sites is 1. The van der Waals surface area contributed by atoms with Crippen LogP contribution < -0.4 is 0 Å². The number of esters is 1. The maximum Gasteiger partial charge on any atom is 0.410 e. The van der Waals surface area contributed by atoms with E-state index in [0.29, 0.717) is 32.5 Å². The molecule has 48 heavy (non-hydrogen) atoms. The van der Waals surface area contributed by atoms with E-state index in [9.17, 15) is 14.4 Å². The van der Waals surface area contributed by atoms with Crippen molar-refractivity contribution in [1.82, 2.24) is 14.4 Å². The molecule has 1 aliphatic heterocycles. The molecule has 0 spiro atoms. The third-order valence-corrected chi connectivity index (χ3v) is 9.04. The number of amides is 2. The van der Waals surface area contributed by atoms with Crippen LogP contribution in [0.4, 0.5) is 4.79 Å². The first-order valence-corrected chi connectivity index (χ1v) is 17.1. The molecule has 5 rings (SSSR count). The van der Waals surface area contributed by atoms with Crippen LogP contribution in [-0.4, -0.2) is 77.9 Å². The molecule has 9 heteroatoms. The minimum Gasteiger partial charge on any atom is -0.469 e. The monoisotopic (exact) mass is 655 g/mol. The number of nitrogens with zero attached hydrogens (tertiary/aromatic N) is 3. The number of rotatable bonds is 11. The van der Waals surface area contributed by atoms with E-state index < -0.39 is 11.5 Å². The number of benzene rings is 2. The van der Waals surface area contributed by atoms with Crippen molar-refractivity contribution in [3.63, 3.8) is 0 Å². The number of methoxy groups -OCH3 is 2. The van der Waals surface area contributed by atoms with Crippen LogP contribution in [0.5, 0.6) is 0 Å². The zero-order chi connectivity index (χ0) is 34.3. The molecule has 0 bridgehead atoms. The number of carbonyl (C=O) groups excluding carboxylic acids is 3. The van der Waals surface area contributed by atoms with Crippen molar-refractivity contribution in [2.45, 2.75) is 89.9 Å². The summed E-state index contributed by atoms with van der Waals surface area (Å²) in [7, 11) is 3.09. The summed E-state index contributed by atoms with van der Waals surface area (Å²) in [5, 5.41) is 1.16. The first kappa shape index (κ1) is 35.0. The van der Waals surface area contributed by atoms with Crippen molar-refractivity contribution in [3.05, 3.63) is 71.4 Å². The van der Waals surface area contributed by atoms with Gasteiger partial charge in [-0.3, -0.25) is 9.59 Å². The Hall–Kier alpha value is -4.29. The third-order valence-electron chi connectivity index (χ3n) is 9.04. The Balaban J connectivity index is 1.43.